The summed E-state index contributed by atoms with van der Waals surface area (Å²) in [5.41, 5.74) is 6.83. The van der Waals surface area contributed by atoms with Crippen molar-refractivity contribution in [2.45, 2.75) is 24.3 Å². The number of anilines is 1. The Kier molecular flexibility index (Phi) is 4.13. The summed E-state index contributed by atoms with van der Waals surface area (Å²) < 4.78 is 26.5. The average Bonchev–Trinajstić information content (AvgIpc) is 2.42. The van der Waals surface area contributed by atoms with Crippen LogP contribution in [0.4, 0.5) is 5.69 Å². The molecular formula is C13H21N3O2S. The van der Waals surface area contributed by atoms with Crippen LogP contribution in [0.2, 0.25) is 0 Å². The molecule has 2 atom stereocenters. The Morgan fingerprint density at radius 1 is 1.37 bits per heavy atom. The van der Waals surface area contributed by atoms with Crippen molar-refractivity contribution >= 4 is 15.7 Å². The van der Waals surface area contributed by atoms with Crippen LogP contribution in [-0.4, -0.2) is 34.6 Å². The molecule has 6 heteroatoms. The molecule has 3 N–H and O–H groups in total. The molecule has 0 bridgehead atoms. The first-order valence-electron chi connectivity index (χ1n) is 6.49. The minimum absolute atomic E-state index is 0.0825. The second-order valence-electron chi connectivity index (χ2n) is 5.05. The number of para-hydroxylation sites is 1. The third kappa shape index (κ3) is 2.91. The maximum atomic E-state index is 12.0. The molecule has 1 saturated heterocycles. The van der Waals surface area contributed by atoms with Gasteiger partial charge in [-0.1, -0.05) is 19.1 Å². The van der Waals surface area contributed by atoms with Crippen LogP contribution in [0.5, 0.6) is 0 Å². The summed E-state index contributed by atoms with van der Waals surface area (Å²) in [6, 6.07) is 7.14. The molecule has 1 aliphatic heterocycles. The highest BCUT2D eigenvalue weighted by Gasteiger charge is 2.27. The maximum Gasteiger partial charge on any atom is 0.242 e. The van der Waals surface area contributed by atoms with Gasteiger partial charge < -0.3 is 10.6 Å². The molecule has 5 nitrogen and oxygen atoms in total. The Hall–Kier alpha value is -1.11. The lowest BCUT2D eigenvalue weighted by molar-refractivity contribution is 0.378. The molecule has 1 aromatic rings. The van der Waals surface area contributed by atoms with Crippen molar-refractivity contribution in [2.24, 2.45) is 11.7 Å². The lowest BCUT2D eigenvalue weighted by Crippen LogP contribution is -2.48. The molecule has 0 amide bonds. The minimum Gasteiger partial charge on any atom is -0.369 e. The number of hydrogen-bond acceptors (Lipinski definition) is 4. The van der Waals surface area contributed by atoms with Crippen LogP contribution in [0.3, 0.4) is 0 Å². The van der Waals surface area contributed by atoms with Gasteiger partial charge in [0.25, 0.3) is 0 Å². The normalized spacial score (nSPS) is 24.5. The molecule has 1 aliphatic rings. The van der Waals surface area contributed by atoms with Crippen molar-refractivity contribution in [1.82, 2.24) is 4.72 Å². The Morgan fingerprint density at radius 3 is 2.68 bits per heavy atom. The molecule has 1 aromatic carbocycles. The van der Waals surface area contributed by atoms with Crippen LogP contribution in [0.1, 0.15) is 13.3 Å². The molecule has 19 heavy (non-hydrogen) atoms. The molecule has 0 saturated carbocycles. The number of nitrogens with zero attached hydrogens (tertiary/aromatic N) is 1. The second kappa shape index (κ2) is 5.48. The van der Waals surface area contributed by atoms with Crippen LogP contribution in [0.25, 0.3) is 0 Å². The second-order valence-corrected chi connectivity index (χ2v) is 6.91. The third-order valence-electron chi connectivity index (χ3n) is 3.78. The first-order chi connectivity index (χ1) is 8.95. The van der Waals surface area contributed by atoms with Crippen molar-refractivity contribution in [3.05, 3.63) is 24.3 Å². The number of nitrogens with two attached hydrogens (primary N) is 1. The van der Waals surface area contributed by atoms with Crippen LogP contribution in [0.15, 0.2) is 29.2 Å². The summed E-state index contributed by atoms with van der Waals surface area (Å²) in [5, 5.41) is 0. The molecule has 1 heterocycles. The van der Waals surface area contributed by atoms with E-state index >= 15 is 0 Å². The van der Waals surface area contributed by atoms with E-state index in [0.717, 1.165) is 18.7 Å². The van der Waals surface area contributed by atoms with Crippen LogP contribution in [-0.2, 0) is 10.0 Å². The van der Waals surface area contributed by atoms with E-state index in [9.17, 15) is 8.42 Å². The standard InChI is InChI=1S/C13H21N3O2S/c1-10-7-8-16(9-11(10)14)12-5-3-4-6-13(12)19(17,18)15-2/h3-6,10-11,15H,7-9,14H2,1-2H3. The van der Waals surface area contributed by atoms with Gasteiger partial charge in [0.2, 0.25) is 10.0 Å². The largest absolute Gasteiger partial charge is 0.369 e. The fourth-order valence-electron chi connectivity index (χ4n) is 2.37. The number of sulfonamides is 1. The van der Waals surface area contributed by atoms with E-state index < -0.39 is 10.0 Å². The van der Waals surface area contributed by atoms with E-state index in [1.165, 1.54) is 7.05 Å². The zero-order chi connectivity index (χ0) is 14.0. The molecule has 2 unspecified atom stereocenters. The molecule has 0 aromatic heterocycles. The van der Waals surface area contributed by atoms with Crippen molar-refractivity contribution in [2.75, 3.05) is 25.0 Å². The SMILES string of the molecule is CNS(=O)(=O)c1ccccc1N1CCC(C)C(N)C1. The van der Waals surface area contributed by atoms with Gasteiger partial charge in [0.1, 0.15) is 4.90 Å². The van der Waals surface area contributed by atoms with E-state index in [0.29, 0.717) is 17.4 Å². The Balaban J connectivity index is 2.36. The first kappa shape index (κ1) is 14.3. The Morgan fingerprint density at radius 2 is 2.05 bits per heavy atom. The summed E-state index contributed by atoms with van der Waals surface area (Å²) in [6.07, 6.45) is 0.981. The zero-order valence-electron chi connectivity index (χ0n) is 11.3. The summed E-state index contributed by atoms with van der Waals surface area (Å²) in [6.45, 7) is 3.67. The van der Waals surface area contributed by atoms with E-state index in [-0.39, 0.29) is 6.04 Å². The van der Waals surface area contributed by atoms with Gasteiger partial charge in [-0.3, -0.25) is 0 Å². The van der Waals surface area contributed by atoms with Crippen molar-refractivity contribution < 1.29 is 8.42 Å². The van der Waals surface area contributed by atoms with Gasteiger partial charge >= 0.3 is 0 Å². The highest BCUT2D eigenvalue weighted by Crippen LogP contribution is 2.28. The van der Waals surface area contributed by atoms with Crippen molar-refractivity contribution in [3.8, 4) is 0 Å². The van der Waals surface area contributed by atoms with Gasteiger partial charge in [-0.2, -0.15) is 0 Å². The van der Waals surface area contributed by atoms with Gasteiger partial charge in [-0.15, -0.1) is 0 Å². The van der Waals surface area contributed by atoms with E-state index in [4.69, 9.17) is 5.73 Å². The Labute approximate surface area is 114 Å². The average molecular weight is 283 g/mol. The fourth-order valence-corrected chi connectivity index (χ4v) is 3.32. The third-order valence-corrected chi connectivity index (χ3v) is 5.24. The Bertz CT molecular complexity index is 545. The highest BCUT2D eigenvalue weighted by atomic mass is 32.2. The van der Waals surface area contributed by atoms with Crippen molar-refractivity contribution in [3.63, 3.8) is 0 Å². The van der Waals surface area contributed by atoms with E-state index in [1.807, 2.05) is 12.1 Å². The van der Waals surface area contributed by atoms with Gasteiger partial charge in [0, 0.05) is 19.1 Å². The number of rotatable bonds is 3. The van der Waals surface area contributed by atoms with Gasteiger partial charge in [0.15, 0.2) is 0 Å². The van der Waals surface area contributed by atoms with E-state index in [1.54, 1.807) is 12.1 Å². The smallest absolute Gasteiger partial charge is 0.242 e. The van der Waals surface area contributed by atoms with E-state index in [2.05, 4.69) is 16.5 Å². The molecule has 106 valence electrons. The number of hydrogen-bond donors (Lipinski definition) is 2. The minimum atomic E-state index is -3.44. The predicted molar refractivity (Wildman–Crippen MR) is 76.7 cm³/mol. The topological polar surface area (TPSA) is 75.4 Å². The van der Waals surface area contributed by atoms with Gasteiger partial charge in [0.05, 0.1) is 5.69 Å². The molecule has 0 radical (unpaired) electrons. The highest BCUT2D eigenvalue weighted by molar-refractivity contribution is 7.89. The maximum absolute atomic E-state index is 12.0. The summed E-state index contributed by atoms with van der Waals surface area (Å²) in [4.78, 5) is 2.38. The van der Waals surface area contributed by atoms with Crippen LogP contribution < -0.4 is 15.4 Å². The lowest BCUT2D eigenvalue weighted by atomic mass is 9.94. The quantitative estimate of drug-likeness (QED) is 0.859. The zero-order valence-corrected chi connectivity index (χ0v) is 12.2. The summed E-state index contributed by atoms with van der Waals surface area (Å²) in [5.74, 6) is 0.476. The lowest BCUT2D eigenvalue weighted by Gasteiger charge is -2.37. The molecule has 2 rings (SSSR count). The molecule has 1 fully saturated rings. The molecule has 0 spiro atoms. The van der Waals surface area contributed by atoms with Crippen molar-refractivity contribution in [1.29, 1.82) is 0 Å². The van der Waals surface area contributed by atoms with Gasteiger partial charge in [-0.25, -0.2) is 13.1 Å². The number of nitrogens with one attached hydrogen (secondary N) is 1. The van der Waals surface area contributed by atoms with Crippen LogP contribution in [0, 0.1) is 5.92 Å². The predicted octanol–water partition coefficient (Wildman–Crippen LogP) is 0.768. The monoisotopic (exact) mass is 283 g/mol. The first-order valence-corrected chi connectivity index (χ1v) is 7.97. The number of benzene rings is 1. The molecular weight excluding hydrogens is 262 g/mol. The van der Waals surface area contributed by atoms with Gasteiger partial charge in [-0.05, 0) is 31.5 Å². The summed E-state index contributed by atoms with van der Waals surface area (Å²) in [7, 11) is -2.01. The molecule has 0 aliphatic carbocycles. The fraction of sp³-hybridized carbons (Fsp3) is 0.538. The number of piperidine rings is 1. The van der Waals surface area contributed by atoms with Crippen LogP contribution >= 0.6 is 0 Å². The summed E-state index contributed by atoms with van der Waals surface area (Å²) >= 11 is 0.